The molecule has 0 aliphatic heterocycles. The number of hydrogen-bond acceptors (Lipinski definition) is 1. The molecule has 0 amide bonds. The van der Waals surface area contributed by atoms with Gasteiger partial charge in [0.2, 0.25) is 0 Å². The maximum absolute atomic E-state index is 3.71. The Balaban J connectivity index is 2.03. The summed E-state index contributed by atoms with van der Waals surface area (Å²) in [6, 6.07) is 9.45. The molecule has 16 heavy (non-hydrogen) atoms. The Hall–Kier alpha value is -0.340. The SMILES string of the molecule is CC(N[C@@H](C)c1ccccc1Br)C1(C)CC1. The Morgan fingerprint density at radius 1 is 1.25 bits per heavy atom. The Morgan fingerprint density at radius 3 is 2.44 bits per heavy atom. The summed E-state index contributed by atoms with van der Waals surface area (Å²) in [5.41, 5.74) is 1.88. The van der Waals surface area contributed by atoms with Crippen LogP contribution in [0.3, 0.4) is 0 Å². The van der Waals surface area contributed by atoms with Crippen LogP contribution >= 0.6 is 15.9 Å². The van der Waals surface area contributed by atoms with Gasteiger partial charge in [-0.05, 0) is 43.7 Å². The van der Waals surface area contributed by atoms with Crippen molar-refractivity contribution in [2.45, 2.75) is 45.7 Å². The van der Waals surface area contributed by atoms with Gasteiger partial charge in [0.1, 0.15) is 0 Å². The van der Waals surface area contributed by atoms with Crippen LogP contribution < -0.4 is 5.32 Å². The molecule has 0 heterocycles. The second-order valence-corrected chi connectivity index (χ2v) is 6.14. The molecule has 1 aliphatic rings. The fourth-order valence-electron chi connectivity index (χ4n) is 2.12. The molecule has 0 radical (unpaired) electrons. The number of halogens is 1. The van der Waals surface area contributed by atoms with Crippen LogP contribution in [0.2, 0.25) is 0 Å². The lowest BCUT2D eigenvalue weighted by Crippen LogP contribution is -2.35. The van der Waals surface area contributed by atoms with E-state index in [1.54, 1.807) is 0 Å². The summed E-state index contributed by atoms with van der Waals surface area (Å²) in [4.78, 5) is 0. The number of nitrogens with one attached hydrogen (secondary N) is 1. The van der Waals surface area contributed by atoms with Gasteiger partial charge in [-0.1, -0.05) is 41.1 Å². The standard InChI is InChI=1S/C14H20BrN/c1-10(12-6-4-5-7-13(12)15)16-11(2)14(3)8-9-14/h4-7,10-11,16H,8-9H2,1-3H3/t10-,11?/m0/s1. The van der Waals surface area contributed by atoms with Crippen molar-refractivity contribution in [1.29, 1.82) is 0 Å². The van der Waals surface area contributed by atoms with E-state index in [1.165, 1.54) is 22.9 Å². The van der Waals surface area contributed by atoms with Gasteiger partial charge in [-0.2, -0.15) is 0 Å². The average molecular weight is 282 g/mol. The molecule has 1 aromatic carbocycles. The van der Waals surface area contributed by atoms with Gasteiger partial charge < -0.3 is 5.32 Å². The van der Waals surface area contributed by atoms with Crippen LogP contribution in [-0.2, 0) is 0 Å². The fourth-order valence-corrected chi connectivity index (χ4v) is 2.75. The van der Waals surface area contributed by atoms with E-state index in [0.717, 1.165) is 0 Å². The topological polar surface area (TPSA) is 12.0 Å². The molecule has 2 heteroatoms. The van der Waals surface area contributed by atoms with Crippen molar-refractivity contribution in [1.82, 2.24) is 5.32 Å². The molecule has 0 saturated heterocycles. The first kappa shape index (κ1) is 12.1. The van der Waals surface area contributed by atoms with Crippen LogP contribution in [-0.4, -0.2) is 6.04 Å². The summed E-state index contributed by atoms with van der Waals surface area (Å²) in [7, 11) is 0. The maximum atomic E-state index is 3.71. The van der Waals surface area contributed by atoms with Crippen LogP contribution in [0.1, 0.15) is 45.2 Å². The van der Waals surface area contributed by atoms with Gasteiger partial charge in [-0.15, -0.1) is 0 Å². The zero-order valence-electron chi connectivity index (χ0n) is 10.3. The lowest BCUT2D eigenvalue weighted by Gasteiger charge is -2.25. The summed E-state index contributed by atoms with van der Waals surface area (Å²) < 4.78 is 1.20. The Kier molecular flexibility index (Phi) is 3.41. The quantitative estimate of drug-likeness (QED) is 0.868. The van der Waals surface area contributed by atoms with E-state index < -0.39 is 0 Å². The summed E-state index contributed by atoms with van der Waals surface area (Å²) in [5, 5.41) is 3.71. The number of rotatable bonds is 4. The van der Waals surface area contributed by atoms with Crippen molar-refractivity contribution < 1.29 is 0 Å². The normalized spacial score (nSPS) is 21.5. The van der Waals surface area contributed by atoms with Crippen LogP contribution in [0.5, 0.6) is 0 Å². The largest absolute Gasteiger partial charge is 0.307 e. The smallest absolute Gasteiger partial charge is 0.0305 e. The van der Waals surface area contributed by atoms with Gasteiger partial charge in [-0.3, -0.25) is 0 Å². The molecule has 2 rings (SSSR count). The lowest BCUT2D eigenvalue weighted by atomic mass is 9.98. The minimum Gasteiger partial charge on any atom is -0.307 e. The van der Waals surface area contributed by atoms with Crippen molar-refractivity contribution in [2.75, 3.05) is 0 Å². The van der Waals surface area contributed by atoms with Gasteiger partial charge in [0.25, 0.3) is 0 Å². The first-order valence-electron chi connectivity index (χ1n) is 6.03. The molecule has 1 saturated carbocycles. The minimum absolute atomic E-state index is 0.406. The molecule has 1 fully saturated rings. The summed E-state index contributed by atoms with van der Waals surface area (Å²) in [6.45, 7) is 6.92. The third-order valence-electron chi connectivity index (χ3n) is 3.96. The molecule has 0 bridgehead atoms. The Labute approximate surface area is 107 Å². The first-order chi connectivity index (χ1) is 7.53. The van der Waals surface area contributed by atoms with E-state index >= 15 is 0 Å². The third-order valence-corrected chi connectivity index (χ3v) is 4.68. The predicted molar refractivity (Wildman–Crippen MR) is 72.5 cm³/mol. The summed E-state index contributed by atoms with van der Waals surface area (Å²) in [5.74, 6) is 0. The second-order valence-electron chi connectivity index (χ2n) is 5.29. The van der Waals surface area contributed by atoms with Crippen LogP contribution in [0.15, 0.2) is 28.7 Å². The molecule has 1 unspecified atom stereocenters. The van der Waals surface area contributed by atoms with E-state index in [-0.39, 0.29) is 0 Å². The summed E-state index contributed by atoms with van der Waals surface area (Å²) >= 11 is 3.61. The van der Waals surface area contributed by atoms with Crippen molar-refractivity contribution >= 4 is 15.9 Å². The maximum Gasteiger partial charge on any atom is 0.0305 e. The first-order valence-corrected chi connectivity index (χ1v) is 6.83. The van der Waals surface area contributed by atoms with Crippen LogP contribution in [0, 0.1) is 5.41 Å². The second kappa shape index (κ2) is 4.50. The van der Waals surface area contributed by atoms with Crippen LogP contribution in [0.25, 0.3) is 0 Å². The zero-order valence-corrected chi connectivity index (χ0v) is 11.8. The molecule has 1 nitrogen and oxygen atoms in total. The third kappa shape index (κ3) is 2.49. The Morgan fingerprint density at radius 2 is 1.88 bits per heavy atom. The van der Waals surface area contributed by atoms with Gasteiger partial charge in [0.05, 0.1) is 0 Å². The highest BCUT2D eigenvalue weighted by Crippen LogP contribution is 2.48. The molecule has 1 aliphatic carbocycles. The van der Waals surface area contributed by atoms with Gasteiger partial charge in [0.15, 0.2) is 0 Å². The predicted octanol–water partition coefficient (Wildman–Crippen LogP) is 4.29. The van der Waals surface area contributed by atoms with Gasteiger partial charge in [0, 0.05) is 16.6 Å². The van der Waals surface area contributed by atoms with Crippen molar-refractivity contribution in [3.63, 3.8) is 0 Å². The highest BCUT2D eigenvalue weighted by Gasteiger charge is 2.42. The van der Waals surface area contributed by atoms with E-state index in [9.17, 15) is 0 Å². The van der Waals surface area contributed by atoms with E-state index in [0.29, 0.717) is 17.5 Å². The Bertz CT molecular complexity index is 371. The highest BCUT2D eigenvalue weighted by molar-refractivity contribution is 9.10. The van der Waals surface area contributed by atoms with Gasteiger partial charge >= 0.3 is 0 Å². The molecule has 0 spiro atoms. The van der Waals surface area contributed by atoms with E-state index in [4.69, 9.17) is 0 Å². The molecular weight excluding hydrogens is 262 g/mol. The van der Waals surface area contributed by atoms with Crippen molar-refractivity contribution in [3.8, 4) is 0 Å². The molecule has 2 atom stereocenters. The molecule has 1 N–H and O–H groups in total. The van der Waals surface area contributed by atoms with Gasteiger partial charge in [-0.25, -0.2) is 0 Å². The van der Waals surface area contributed by atoms with E-state index in [2.05, 4.69) is 66.3 Å². The molecule has 1 aromatic rings. The monoisotopic (exact) mass is 281 g/mol. The zero-order chi connectivity index (χ0) is 11.8. The van der Waals surface area contributed by atoms with Crippen molar-refractivity contribution in [2.24, 2.45) is 5.41 Å². The molecular formula is C14H20BrN. The lowest BCUT2D eigenvalue weighted by molar-refractivity contribution is 0.350. The fraction of sp³-hybridized carbons (Fsp3) is 0.571. The van der Waals surface area contributed by atoms with E-state index in [1.807, 2.05) is 0 Å². The molecule has 0 aromatic heterocycles. The summed E-state index contributed by atoms with van der Waals surface area (Å²) in [6.07, 6.45) is 2.73. The average Bonchev–Trinajstić information content (AvgIpc) is 2.98. The minimum atomic E-state index is 0.406. The van der Waals surface area contributed by atoms with Crippen LogP contribution in [0.4, 0.5) is 0 Å². The molecule has 88 valence electrons. The van der Waals surface area contributed by atoms with Crippen molar-refractivity contribution in [3.05, 3.63) is 34.3 Å². The highest BCUT2D eigenvalue weighted by atomic mass is 79.9. The number of hydrogen-bond donors (Lipinski definition) is 1. The number of benzene rings is 1.